The highest BCUT2D eigenvalue weighted by Gasteiger charge is 2.21. The van der Waals surface area contributed by atoms with Gasteiger partial charge in [0, 0.05) is 18.9 Å². The highest BCUT2D eigenvalue weighted by atomic mass is 16.5. The monoisotopic (exact) mass is 251 g/mol. The molecule has 1 aromatic rings. The van der Waals surface area contributed by atoms with Gasteiger partial charge in [0.25, 0.3) is 0 Å². The van der Waals surface area contributed by atoms with Crippen LogP contribution in [-0.4, -0.2) is 46.7 Å². The molecule has 1 aliphatic heterocycles. The molecule has 100 valence electrons. The highest BCUT2D eigenvalue weighted by molar-refractivity contribution is 5.71. The minimum absolute atomic E-state index is 0.106. The van der Waals surface area contributed by atoms with Gasteiger partial charge in [-0.05, 0) is 38.8 Å². The summed E-state index contributed by atoms with van der Waals surface area (Å²) in [6.07, 6.45) is 7.96. The fourth-order valence-electron chi connectivity index (χ4n) is 2.41. The molecular weight excluding hydrogens is 230 g/mol. The molecule has 1 fully saturated rings. The van der Waals surface area contributed by atoms with Crippen LogP contribution in [0.3, 0.4) is 0 Å². The Balaban J connectivity index is 1.69. The van der Waals surface area contributed by atoms with Crippen molar-refractivity contribution in [3.05, 3.63) is 18.7 Å². The SMILES string of the molecule is CCOC(=O)CN1CCC(Cn2ccnc2)CC1. The van der Waals surface area contributed by atoms with Crippen molar-refractivity contribution in [3.8, 4) is 0 Å². The van der Waals surface area contributed by atoms with Gasteiger partial charge in [-0.2, -0.15) is 0 Å². The van der Waals surface area contributed by atoms with Crippen molar-refractivity contribution in [3.63, 3.8) is 0 Å². The van der Waals surface area contributed by atoms with Crippen LogP contribution in [0.5, 0.6) is 0 Å². The number of rotatable bonds is 5. The third-order valence-electron chi connectivity index (χ3n) is 3.39. The smallest absolute Gasteiger partial charge is 0.320 e. The van der Waals surface area contributed by atoms with Crippen molar-refractivity contribution in [2.24, 2.45) is 5.92 Å². The Bertz CT molecular complexity index is 356. The lowest BCUT2D eigenvalue weighted by Gasteiger charge is -2.31. The third kappa shape index (κ3) is 3.84. The molecule has 0 N–H and O–H groups in total. The lowest BCUT2D eigenvalue weighted by Crippen LogP contribution is -2.38. The molecule has 0 radical (unpaired) electrons. The number of nitrogens with zero attached hydrogens (tertiary/aromatic N) is 3. The number of aromatic nitrogens is 2. The van der Waals surface area contributed by atoms with Crippen LogP contribution in [0, 0.1) is 5.92 Å². The molecule has 0 bridgehead atoms. The number of hydrogen-bond donors (Lipinski definition) is 0. The standard InChI is InChI=1S/C13H21N3O2/c1-2-18-13(17)10-15-6-3-12(4-7-15)9-16-8-5-14-11-16/h5,8,11-12H,2-4,6-7,9-10H2,1H3. The van der Waals surface area contributed by atoms with Crippen molar-refractivity contribution >= 4 is 5.97 Å². The van der Waals surface area contributed by atoms with Crippen LogP contribution in [0.1, 0.15) is 19.8 Å². The van der Waals surface area contributed by atoms with Gasteiger partial charge in [0.05, 0.1) is 19.5 Å². The van der Waals surface area contributed by atoms with E-state index in [1.54, 1.807) is 0 Å². The number of ether oxygens (including phenoxy) is 1. The zero-order valence-electron chi connectivity index (χ0n) is 10.9. The van der Waals surface area contributed by atoms with Crippen LogP contribution in [0.15, 0.2) is 18.7 Å². The maximum atomic E-state index is 11.4. The first-order chi connectivity index (χ1) is 8.78. The second-order valence-corrected chi connectivity index (χ2v) is 4.78. The van der Waals surface area contributed by atoms with E-state index in [0.29, 0.717) is 19.1 Å². The molecule has 2 heterocycles. The summed E-state index contributed by atoms with van der Waals surface area (Å²) in [5.74, 6) is 0.586. The predicted molar refractivity (Wildman–Crippen MR) is 68.0 cm³/mol. The van der Waals surface area contributed by atoms with Gasteiger partial charge in [-0.25, -0.2) is 4.98 Å². The van der Waals surface area contributed by atoms with Crippen molar-refractivity contribution in [2.75, 3.05) is 26.2 Å². The van der Waals surface area contributed by atoms with Crippen LogP contribution in [-0.2, 0) is 16.1 Å². The zero-order valence-corrected chi connectivity index (χ0v) is 10.9. The third-order valence-corrected chi connectivity index (χ3v) is 3.39. The van der Waals surface area contributed by atoms with E-state index in [0.717, 1.165) is 32.5 Å². The summed E-state index contributed by atoms with van der Waals surface area (Å²) in [6, 6.07) is 0. The summed E-state index contributed by atoms with van der Waals surface area (Å²) in [6.45, 7) is 5.75. The Morgan fingerprint density at radius 2 is 2.22 bits per heavy atom. The number of carbonyl (C=O) groups is 1. The second kappa shape index (κ2) is 6.54. The summed E-state index contributed by atoms with van der Waals surface area (Å²) < 4.78 is 7.09. The van der Waals surface area contributed by atoms with Crippen molar-refractivity contribution in [2.45, 2.75) is 26.3 Å². The number of esters is 1. The van der Waals surface area contributed by atoms with Gasteiger partial charge in [-0.3, -0.25) is 9.69 Å². The van der Waals surface area contributed by atoms with E-state index in [9.17, 15) is 4.79 Å². The first kappa shape index (κ1) is 13.1. The Kier molecular flexibility index (Phi) is 4.75. The maximum Gasteiger partial charge on any atom is 0.320 e. The van der Waals surface area contributed by atoms with E-state index >= 15 is 0 Å². The molecular formula is C13H21N3O2. The van der Waals surface area contributed by atoms with Crippen LogP contribution >= 0.6 is 0 Å². The van der Waals surface area contributed by atoms with Gasteiger partial charge in [0.2, 0.25) is 0 Å². The van der Waals surface area contributed by atoms with Gasteiger partial charge >= 0.3 is 5.97 Å². The fraction of sp³-hybridized carbons (Fsp3) is 0.692. The van der Waals surface area contributed by atoms with Crippen LogP contribution < -0.4 is 0 Å². The molecule has 5 nitrogen and oxygen atoms in total. The van der Waals surface area contributed by atoms with Crippen LogP contribution in [0.25, 0.3) is 0 Å². The Labute approximate surface area is 108 Å². The average molecular weight is 251 g/mol. The maximum absolute atomic E-state index is 11.4. The molecule has 0 atom stereocenters. The van der Waals surface area contributed by atoms with Crippen LogP contribution in [0.4, 0.5) is 0 Å². The van der Waals surface area contributed by atoms with E-state index in [1.807, 2.05) is 25.6 Å². The first-order valence-electron chi connectivity index (χ1n) is 6.61. The molecule has 0 spiro atoms. The van der Waals surface area contributed by atoms with E-state index < -0.39 is 0 Å². The fourth-order valence-corrected chi connectivity index (χ4v) is 2.41. The van der Waals surface area contributed by atoms with E-state index in [-0.39, 0.29) is 5.97 Å². The molecule has 0 amide bonds. The summed E-state index contributed by atoms with van der Waals surface area (Å²) in [7, 11) is 0. The molecule has 0 aliphatic carbocycles. The molecule has 1 saturated heterocycles. The normalized spacial score (nSPS) is 17.8. The Morgan fingerprint density at radius 3 is 2.83 bits per heavy atom. The quantitative estimate of drug-likeness (QED) is 0.737. The van der Waals surface area contributed by atoms with Gasteiger partial charge in [0.15, 0.2) is 0 Å². The van der Waals surface area contributed by atoms with Gasteiger partial charge < -0.3 is 9.30 Å². The topological polar surface area (TPSA) is 47.4 Å². The largest absolute Gasteiger partial charge is 0.465 e. The van der Waals surface area contributed by atoms with E-state index in [4.69, 9.17) is 4.74 Å². The number of hydrogen-bond acceptors (Lipinski definition) is 4. The average Bonchev–Trinajstić information content (AvgIpc) is 2.85. The Morgan fingerprint density at radius 1 is 1.44 bits per heavy atom. The first-order valence-corrected chi connectivity index (χ1v) is 6.61. The molecule has 0 unspecified atom stereocenters. The Hall–Kier alpha value is -1.36. The minimum atomic E-state index is -0.106. The van der Waals surface area contributed by atoms with Crippen LogP contribution in [0.2, 0.25) is 0 Å². The number of likely N-dealkylation sites (tertiary alicyclic amines) is 1. The lowest BCUT2D eigenvalue weighted by atomic mass is 9.97. The zero-order chi connectivity index (χ0) is 12.8. The van der Waals surface area contributed by atoms with E-state index in [1.165, 1.54) is 0 Å². The van der Waals surface area contributed by atoms with E-state index in [2.05, 4.69) is 14.5 Å². The summed E-state index contributed by atoms with van der Waals surface area (Å²) in [4.78, 5) is 17.6. The minimum Gasteiger partial charge on any atom is -0.465 e. The summed E-state index contributed by atoms with van der Waals surface area (Å²) >= 11 is 0. The van der Waals surface area contributed by atoms with Crippen molar-refractivity contribution in [1.82, 2.24) is 14.5 Å². The number of imidazole rings is 1. The van der Waals surface area contributed by atoms with Crippen molar-refractivity contribution < 1.29 is 9.53 Å². The van der Waals surface area contributed by atoms with Crippen molar-refractivity contribution in [1.29, 1.82) is 0 Å². The van der Waals surface area contributed by atoms with Gasteiger partial charge in [0.1, 0.15) is 0 Å². The summed E-state index contributed by atoms with van der Waals surface area (Å²) in [5.41, 5.74) is 0. The van der Waals surface area contributed by atoms with Gasteiger partial charge in [-0.1, -0.05) is 0 Å². The summed E-state index contributed by atoms with van der Waals surface area (Å²) in [5, 5.41) is 0. The molecule has 1 aromatic heterocycles. The predicted octanol–water partition coefficient (Wildman–Crippen LogP) is 1.16. The second-order valence-electron chi connectivity index (χ2n) is 4.78. The number of carbonyl (C=O) groups excluding carboxylic acids is 1. The molecule has 2 rings (SSSR count). The molecule has 18 heavy (non-hydrogen) atoms. The molecule has 1 aliphatic rings. The molecule has 0 saturated carbocycles. The molecule has 0 aromatic carbocycles. The highest BCUT2D eigenvalue weighted by Crippen LogP contribution is 2.18. The lowest BCUT2D eigenvalue weighted by molar-refractivity contribution is -0.144. The number of piperidine rings is 1. The van der Waals surface area contributed by atoms with Gasteiger partial charge in [-0.15, -0.1) is 0 Å². The molecule has 5 heteroatoms.